The van der Waals surface area contributed by atoms with Crippen LogP contribution in [-0.2, 0) is 0 Å². The van der Waals surface area contributed by atoms with E-state index in [1.165, 1.54) is 6.92 Å². The first kappa shape index (κ1) is 11.3. The molecule has 8 heavy (non-hydrogen) atoms. The minimum Gasteiger partial charge on any atom is -0.251 e. The van der Waals surface area contributed by atoms with Crippen molar-refractivity contribution < 1.29 is 8.78 Å². The summed E-state index contributed by atoms with van der Waals surface area (Å²) in [6.45, 7) is 2.26. The van der Waals surface area contributed by atoms with Crippen LogP contribution in [0.1, 0.15) is 13.8 Å². The van der Waals surface area contributed by atoms with Crippen LogP contribution in [-0.4, -0.2) is 11.3 Å². The lowest BCUT2D eigenvalue weighted by Crippen LogP contribution is -1.90. The fraction of sp³-hybridized carbons (Fsp3) is 1.00. The summed E-state index contributed by atoms with van der Waals surface area (Å²) >= 11 is 9.26. The molecule has 4 heteroatoms. The highest BCUT2D eigenvalue weighted by molar-refractivity contribution is 6.46. The van der Waals surface area contributed by atoms with E-state index in [2.05, 4.69) is 23.2 Å². The van der Waals surface area contributed by atoms with Gasteiger partial charge in [0.1, 0.15) is 0 Å². The summed E-state index contributed by atoms with van der Waals surface area (Å²) in [5, 5.41) is 0. The molecule has 0 aliphatic heterocycles. The van der Waals surface area contributed by atoms with Gasteiger partial charge in [0, 0.05) is 0 Å². The first-order valence-corrected chi connectivity index (χ1v) is 2.80. The lowest BCUT2D eigenvalue weighted by Gasteiger charge is -1.92. The Morgan fingerprint density at radius 1 is 1.50 bits per heavy atom. The molecular formula is C4H8Cl2F2. The molecule has 0 radical (unpaired) electrons. The molecule has 0 spiro atoms. The topological polar surface area (TPSA) is 0 Å². The summed E-state index contributed by atoms with van der Waals surface area (Å²) in [6, 6.07) is 0. The zero-order valence-electron chi connectivity index (χ0n) is 4.72. The summed E-state index contributed by atoms with van der Waals surface area (Å²) in [5.41, 5.74) is 0. The maximum Gasteiger partial charge on any atom is 0.254 e. The summed E-state index contributed by atoms with van der Waals surface area (Å²) in [4.78, 5) is 0. The lowest BCUT2D eigenvalue weighted by molar-refractivity contribution is 0.424. The van der Waals surface area contributed by atoms with E-state index < -0.39 is 4.59 Å². The number of hydrogen-bond donors (Lipinski definition) is 0. The van der Waals surface area contributed by atoms with Crippen molar-refractivity contribution >= 4 is 23.2 Å². The number of alkyl halides is 4. The van der Waals surface area contributed by atoms with Crippen molar-refractivity contribution in [3.63, 3.8) is 0 Å². The van der Waals surface area contributed by atoms with Crippen molar-refractivity contribution in [1.29, 1.82) is 0 Å². The van der Waals surface area contributed by atoms with Crippen LogP contribution in [0.2, 0.25) is 0 Å². The highest BCUT2D eigenvalue weighted by Gasteiger charge is 2.09. The Kier molecular flexibility index (Phi) is 7.85. The molecule has 0 aliphatic rings. The number of halogens is 4. The second-order valence-corrected chi connectivity index (χ2v) is 2.66. The Morgan fingerprint density at radius 3 is 1.50 bits per heavy atom. The fourth-order valence-electron chi connectivity index (χ4n) is 0. The molecular weight excluding hydrogens is 157 g/mol. The van der Waals surface area contributed by atoms with E-state index in [4.69, 9.17) is 0 Å². The second kappa shape index (κ2) is 5.57. The highest BCUT2D eigenvalue weighted by atomic mass is 35.5. The summed E-state index contributed by atoms with van der Waals surface area (Å²) in [7, 11) is 0. The van der Waals surface area contributed by atoms with Crippen LogP contribution in [0.5, 0.6) is 0 Å². The summed E-state index contributed by atoms with van der Waals surface area (Å²) in [6.07, 6.45) is 0. The van der Waals surface area contributed by atoms with Crippen LogP contribution in [0.15, 0.2) is 0 Å². The van der Waals surface area contributed by atoms with Crippen LogP contribution in [0, 0.1) is 0 Å². The molecule has 0 bridgehead atoms. The average molecular weight is 165 g/mol. The average Bonchev–Trinajstić information content (AvgIpc) is 1.27. The van der Waals surface area contributed by atoms with Crippen LogP contribution in [0.3, 0.4) is 0 Å². The van der Waals surface area contributed by atoms with Crippen molar-refractivity contribution in [3.05, 3.63) is 0 Å². The Bertz CT molecular complexity index is 35.8. The molecule has 0 aromatic carbocycles. The maximum atomic E-state index is 11.2. The zero-order chi connectivity index (χ0) is 7.21. The number of hydrogen-bond acceptors (Lipinski definition) is 0. The lowest BCUT2D eigenvalue weighted by atomic mass is 10.9. The monoisotopic (exact) mass is 164 g/mol. The van der Waals surface area contributed by atoms with Gasteiger partial charge in [-0.1, -0.05) is 23.2 Å². The SMILES string of the molecule is CC(F)(Cl)Cl.CCF. The largest absolute Gasteiger partial charge is 0.254 e. The maximum absolute atomic E-state index is 11.2. The third-order valence-electron chi connectivity index (χ3n) is 0. The Labute approximate surface area is 57.8 Å². The molecule has 0 atom stereocenters. The molecule has 0 saturated carbocycles. The third-order valence-corrected chi connectivity index (χ3v) is 0. The van der Waals surface area contributed by atoms with Gasteiger partial charge in [0.2, 0.25) is 0 Å². The van der Waals surface area contributed by atoms with Gasteiger partial charge in [0.25, 0.3) is 4.59 Å². The molecule has 0 N–H and O–H groups in total. The van der Waals surface area contributed by atoms with Crippen molar-refractivity contribution in [3.8, 4) is 0 Å². The van der Waals surface area contributed by atoms with Gasteiger partial charge in [0.15, 0.2) is 0 Å². The fourth-order valence-corrected chi connectivity index (χ4v) is 0. The van der Waals surface area contributed by atoms with Crippen molar-refractivity contribution in [2.24, 2.45) is 0 Å². The van der Waals surface area contributed by atoms with Crippen molar-refractivity contribution in [2.45, 2.75) is 18.4 Å². The molecule has 0 amide bonds. The predicted molar refractivity (Wildman–Crippen MR) is 32.9 cm³/mol. The first-order chi connectivity index (χ1) is 3.41. The van der Waals surface area contributed by atoms with Gasteiger partial charge in [-0.2, -0.15) is 0 Å². The van der Waals surface area contributed by atoms with Crippen LogP contribution < -0.4 is 0 Å². The van der Waals surface area contributed by atoms with Gasteiger partial charge in [-0.15, -0.1) is 0 Å². The predicted octanol–water partition coefficient (Wildman–Crippen LogP) is 3.08. The van der Waals surface area contributed by atoms with Gasteiger partial charge < -0.3 is 0 Å². The molecule has 0 saturated heterocycles. The van der Waals surface area contributed by atoms with E-state index in [1.54, 1.807) is 0 Å². The van der Waals surface area contributed by atoms with Gasteiger partial charge in [0.05, 0.1) is 6.67 Å². The molecule has 0 rings (SSSR count). The van der Waals surface area contributed by atoms with Crippen LogP contribution >= 0.6 is 23.2 Å². The van der Waals surface area contributed by atoms with Gasteiger partial charge in [-0.25, -0.2) is 4.39 Å². The van der Waals surface area contributed by atoms with Gasteiger partial charge >= 0.3 is 0 Å². The number of rotatable bonds is 0. The van der Waals surface area contributed by atoms with E-state index >= 15 is 0 Å². The van der Waals surface area contributed by atoms with Gasteiger partial charge in [-0.3, -0.25) is 4.39 Å². The van der Waals surface area contributed by atoms with Crippen LogP contribution in [0.4, 0.5) is 8.78 Å². The van der Waals surface area contributed by atoms with Gasteiger partial charge in [-0.05, 0) is 13.8 Å². The molecule has 0 aromatic heterocycles. The smallest absolute Gasteiger partial charge is 0.251 e. The Morgan fingerprint density at radius 2 is 1.50 bits per heavy atom. The standard InChI is InChI=1S/C2H3Cl2F.C2H5F/c1-2(3,4)5;1-2-3/h1H3;2H2,1H3. The van der Waals surface area contributed by atoms with Crippen LogP contribution in [0.25, 0.3) is 0 Å². The molecule has 52 valence electrons. The first-order valence-electron chi connectivity index (χ1n) is 2.04. The molecule has 0 fully saturated rings. The van der Waals surface area contributed by atoms with Crippen molar-refractivity contribution in [2.75, 3.05) is 6.67 Å². The molecule has 0 unspecified atom stereocenters. The third kappa shape index (κ3) is 984. The van der Waals surface area contributed by atoms with E-state index in [0.29, 0.717) is 0 Å². The van der Waals surface area contributed by atoms with E-state index in [-0.39, 0.29) is 6.67 Å². The zero-order valence-corrected chi connectivity index (χ0v) is 6.23. The molecule has 0 heterocycles. The van der Waals surface area contributed by atoms with Crippen molar-refractivity contribution in [1.82, 2.24) is 0 Å². The van der Waals surface area contributed by atoms with E-state index in [0.717, 1.165) is 6.92 Å². The summed E-state index contributed by atoms with van der Waals surface area (Å²) < 4.78 is 19.5. The second-order valence-electron chi connectivity index (χ2n) is 1.05. The van der Waals surface area contributed by atoms with E-state index in [1.807, 2.05) is 0 Å². The highest BCUT2D eigenvalue weighted by Crippen LogP contribution is 2.19. The summed E-state index contributed by atoms with van der Waals surface area (Å²) in [5.74, 6) is 0. The minimum absolute atomic E-state index is 0.250. The Balaban J connectivity index is 0. The Hall–Kier alpha value is 0.440. The minimum atomic E-state index is -2.06. The quantitative estimate of drug-likeness (QED) is 0.483. The van der Waals surface area contributed by atoms with E-state index in [9.17, 15) is 8.78 Å². The molecule has 0 aliphatic carbocycles. The molecule has 0 aromatic rings. The normalized spacial score (nSPS) is 9.75. The molecule has 0 nitrogen and oxygen atoms in total.